The average Bonchev–Trinajstić information content (AvgIpc) is 3.15. The number of carboxylic acid groups (broad SMARTS) is 1. The zero-order chi connectivity index (χ0) is 43.5. The monoisotopic (exact) mass is 881 g/mol. The minimum atomic E-state index is -3.35. The van der Waals surface area contributed by atoms with Crippen molar-refractivity contribution in [2.45, 2.75) is 32.3 Å². The number of rotatable bonds is 19. The van der Waals surface area contributed by atoms with Crippen LogP contribution in [0.4, 0.5) is 5.69 Å². The Morgan fingerprint density at radius 1 is 0.579 bits per heavy atom. The second-order valence-electron chi connectivity index (χ2n) is 11.2. The number of methoxy groups -OCH3 is 2. The Hall–Kier alpha value is -4.11. The number of carboxylic acids is 1. The number of hydrogen-bond acceptors (Lipinski definition) is 15. The zero-order valence-corrected chi connectivity index (χ0v) is 35.8. The molecule has 3 aromatic carbocycles. The fraction of sp³-hybridized carbons (Fsp3) is 0.432. The van der Waals surface area contributed by atoms with E-state index in [0.717, 1.165) is 0 Å². The normalized spacial score (nSPS) is 11.0. The van der Waals surface area contributed by atoms with Crippen LogP contribution in [0.25, 0.3) is 0 Å². The number of nitrogens with two attached hydrogens (primary N) is 1. The first-order valence-electron chi connectivity index (χ1n) is 17.2. The van der Waals surface area contributed by atoms with Gasteiger partial charge in [-0.3, -0.25) is 0 Å². The molecule has 3 rings (SSSR count). The summed E-state index contributed by atoms with van der Waals surface area (Å²) in [6, 6.07) is 19.4. The van der Waals surface area contributed by atoms with Gasteiger partial charge in [0.1, 0.15) is 0 Å². The maximum atomic E-state index is 11.9. The van der Waals surface area contributed by atoms with Crippen molar-refractivity contribution in [2.24, 2.45) is 0 Å². The van der Waals surface area contributed by atoms with E-state index in [4.69, 9.17) is 35.7 Å². The van der Waals surface area contributed by atoms with Gasteiger partial charge in [-0.05, 0) is 56.2 Å². The van der Waals surface area contributed by atoms with Gasteiger partial charge in [0.25, 0.3) is 0 Å². The number of benzene rings is 3. The lowest BCUT2D eigenvalue weighted by molar-refractivity contribution is 0.0592. The molecule has 0 saturated carbocycles. The lowest BCUT2D eigenvalue weighted by Gasteiger charge is -2.08. The van der Waals surface area contributed by atoms with E-state index in [1.807, 2.05) is 0 Å². The highest BCUT2D eigenvalue weighted by atomic mass is 35.7. The molecule has 0 radical (unpaired) electrons. The molecule has 0 atom stereocenters. The van der Waals surface area contributed by atoms with Crippen LogP contribution < -0.4 is 5.73 Å². The predicted molar refractivity (Wildman–Crippen MR) is 217 cm³/mol. The number of anilines is 1. The van der Waals surface area contributed by atoms with Gasteiger partial charge in [0, 0.05) is 36.2 Å². The van der Waals surface area contributed by atoms with Gasteiger partial charge in [0.15, 0.2) is 19.7 Å². The summed E-state index contributed by atoms with van der Waals surface area (Å²) < 4.78 is 91.6. The number of carbonyl (C=O) groups is 3. The maximum absolute atomic E-state index is 11.9. The average molecular weight is 882 g/mol. The van der Waals surface area contributed by atoms with E-state index in [1.54, 1.807) is 81.4 Å². The van der Waals surface area contributed by atoms with Crippen LogP contribution in [-0.4, -0.2) is 119 Å². The summed E-state index contributed by atoms with van der Waals surface area (Å²) in [5.41, 5.74) is 7.42. The van der Waals surface area contributed by atoms with Gasteiger partial charge in [-0.1, -0.05) is 48.5 Å². The van der Waals surface area contributed by atoms with Crippen molar-refractivity contribution in [2.75, 3.05) is 76.9 Å². The second kappa shape index (κ2) is 28.3. The smallest absolute Gasteiger partial charge is 0.339 e. The number of ether oxygens (including phenoxy) is 5. The molecule has 0 aliphatic carbocycles. The van der Waals surface area contributed by atoms with E-state index in [9.17, 15) is 39.6 Å². The first kappa shape index (κ1) is 52.9. The molecule has 0 bridgehead atoms. The molecule has 0 aliphatic rings. The Balaban J connectivity index is 0.000000766. The fourth-order valence-corrected chi connectivity index (χ4v) is 7.17. The molecule has 320 valence electrons. The summed E-state index contributed by atoms with van der Waals surface area (Å²) in [4.78, 5) is 33.4. The van der Waals surface area contributed by atoms with Crippen molar-refractivity contribution < 1.29 is 68.4 Å². The van der Waals surface area contributed by atoms with Crippen molar-refractivity contribution in [1.82, 2.24) is 0 Å². The first-order chi connectivity index (χ1) is 26.8. The Bertz CT molecular complexity index is 2010. The van der Waals surface area contributed by atoms with Crippen molar-refractivity contribution in [3.8, 4) is 0 Å². The zero-order valence-electron chi connectivity index (χ0n) is 32.5. The molecule has 0 aromatic heterocycles. The predicted octanol–water partition coefficient (Wildman–Crippen LogP) is 4.41. The highest BCUT2D eigenvalue weighted by Gasteiger charge is 2.19. The van der Waals surface area contributed by atoms with Crippen LogP contribution in [-0.2, 0) is 63.9 Å². The van der Waals surface area contributed by atoms with Crippen LogP contribution >= 0.6 is 10.7 Å². The van der Waals surface area contributed by atoms with E-state index >= 15 is 0 Å². The molecule has 16 nitrogen and oxygen atoms in total. The number of para-hydroxylation sites is 1. The lowest BCUT2D eigenvalue weighted by Crippen LogP contribution is -2.16. The molecule has 57 heavy (non-hydrogen) atoms. The molecule has 0 saturated heterocycles. The highest BCUT2D eigenvalue weighted by Crippen LogP contribution is 2.15. The van der Waals surface area contributed by atoms with Crippen LogP contribution in [0.15, 0.2) is 72.8 Å². The minimum Gasteiger partial charge on any atom is -0.478 e. The Morgan fingerprint density at radius 2 is 0.930 bits per heavy atom. The molecular weight excluding hydrogens is 830 g/mol. The topological polar surface area (TPSA) is 246 Å². The van der Waals surface area contributed by atoms with E-state index in [1.165, 1.54) is 26.4 Å². The van der Waals surface area contributed by atoms with Gasteiger partial charge in [0.2, 0.25) is 9.05 Å². The van der Waals surface area contributed by atoms with Crippen LogP contribution in [0.5, 0.6) is 0 Å². The van der Waals surface area contributed by atoms with Gasteiger partial charge in [-0.25, -0.2) is 39.6 Å². The second-order valence-corrected chi connectivity index (χ2v) is 18.5. The number of nitrogen functional groups attached to an aromatic ring is 1. The van der Waals surface area contributed by atoms with Crippen LogP contribution in [0.2, 0.25) is 0 Å². The minimum absolute atomic E-state index is 0.0254. The number of sulfone groups is 2. The molecule has 0 fully saturated rings. The third-order valence-electron chi connectivity index (χ3n) is 6.95. The first-order valence-corrected chi connectivity index (χ1v) is 23.4. The number of carbonyl (C=O) groups excluding carboxylic acids is 2. The van der Waals surface area contributed by atoms with Crippen LogP contribution in [0.3, 0.4) is 0 Å². The lowest BCUT2D eigenvalue weighted by atomic mass is 10.1. The van der Waals surface area contributed by atoms with E-state index in [2.05, 4.69) is 9.47 Å². The summed E-state index contributed by atoms with van der Waals surface area (Å²) in [6.45, 7) is 7.32. The SMILES string of the molecule is CCOCCS(=O)(=O)Cc1ccccc1C(=O)O.CCOCCS(=O)(=O)Cc1ccccc1C(=O)OC.CCOCCS(=O)(=O)Cl.COC(=O)c1ccccc1N. The molecule has 0 aliphatic heterocycles. The summed E-state index contributed by atoms with van der Waals surface area (Å²) in [6.07, 6.45) is 0. The largest absolute Gasteiger partial charge is 0.478 e. The standard InChI is InChI=1S/C13H18O5S.C12H16O5S.C8H9NO2.C4H9ClO3S/c1-3-18-8-9-19(15,16)10-11-6-4-5-7-12(11)13(14)17-2;1-2-17-7-8-18(15,16)9-10-5-3-4-6-11(10)12(13)14;1-11-8(10)6-4-2-3-5-7(6)9;1-2-8-3-4-9(5,6)7/h4-7H,3,8-10H2,1-2H3;3-6H,2,7-9H2,1H3,(H,13,14);2-5H,9H2,1H3;2-4H2,1H3. The Kier molecular flexibility index (Phi) is 26.3. The van der Waals surface area contributed by atoms with Gasteiger partial charge < -0.3 is 34.5 Å². The highest BCUT2D eigenvalue weighted by molar-refractivity contribution is 8.13. The number of aromatic carboxylic acids is 1. The summed E-state index contributed by atoms with van der Waals surface area (Å²) >= 11 is 0. The molecule has 3 aromatic rings. The Labute approximate surface area is 339 Å². The van der Waals surface area contributed by atoms with Crippen LogP contribution in [0, 0.1) is 0 Å². The molecule has 0 unspecified atom stereocenters. The third kappa shape index (κ3) is 24.3. The molecule has 0 spiro atoms. The summed E-state index contributed by atoms with van der Waals surface area (Å²) in [7, 11) is -2.55. The Morgan fingerprint density at radius 3 is 1.32 bits per heavy atom. The number of hydrogen-bond donors (Lipinski definition) is 2. The molecule has 20 heteroatoms. The van der Waals surface area contributed by atoms with Crippen molar-refractivity contribution >= 4 is 63.0 Å². The molecular formula is C37H52ClNO15S3. The van der Waals surface area contributed by atoms with Crippen molar-refractivity contribution in [3.63, 3.8) is 0 Å². The fourth-order valence-electron chi connectivity index (χ4n) is 4.18. The van der Waals surface area contributed by atoms with Gasteiger partial charge in [-0.15, -0.1) is 0 Å². The van der Waals surface area contributed by atoms with Crippen molar-refractivity contribution in [1.29, 1.82) is 0 Å². The molecule has 0 amide bonds. The van der Waals surface area contributed by atoms with Gasteiger partial charge in [-0.2, -0.15) is 0 Å². The maximum Gasteiger partial charge on any atom is 0.339 e. The molecule has 3 N–H and O–H groups in total. The summed E-state index contributed by atoms with van der Waals surface area (Å²) in [5, 5.41) is 8.96. The van der Waals surface area contributed by atoms with E-state index < -0.39 is 46.6 Å². The quantitative estimate of drug-likeness (QED) is 0.0733. The number of esters is 2. The van der Waals surface area contributed by atoms with Gasteiger partial charge >= 0.3 is 17.9 Å². The van der Waals surface area contributed by atoms with Crippen LogP contribution in [0.1, 0.15) is 63.0 Å². The van der Waals surface area contributed by atoms with E-state index in [-0.39, 0.29) is 59.7 Å². The van der Waals surface area contributed by atoms with Gasteiger partial charge in [0.05, 0.1) is 79.5 Å². The third-order valence-corrected chi connectivity index (χ3v) is 11.1. The van der Waals surface area contributed by atoms with E-state index in [0.29, 0.717) is 42.2 Å². The molecule has 0 heterocycles. The van der Waals surface area contributed by atoms with Crippen molar-refractivity contribution in [3.05, 3.63) is 101 Å². The summed E-state index contributed by atoms with van der Waals surface area (Å²) in [5.74, 6) is -2.79. The number of halogens is 1.